The largest absolute Gasteiger partial charge is 0.462 e. The van der Waals surface area contributed by atoms with Crippen molar-refractivity contribution in [1.29, 1.82) is 0 Å². The van der Waals surface area contributed by atoms with Crippen molar-refractivity contribution in [2.75, 3.05) is 6.61 Å². The summed E-state index contributed by atoms with van der Waals surface area (Å²) in [6, 6.07) is 8.12. The molecule has 0 aliphatic rings. The molecule has 0 atom stereocenters. The predicted octanol–water partition coefficient (Wildman–Crippen LogP) is 13.5. The van der Waals surface area contributed by atoms with Crippen LogP contribution >= 0.6 is 11.3 Å². The highest BCUT2D eigenvalue weighted by atomic mass is 32.1. The summed E-state index contributed by atoms with van der Waals surface area (Å²) < 4.78 is 6.76. The van der Waals surface area contributed by atoms with E-state index in [2.05, 4.69) is 13.0 Å². The average Bonchev–Trinajstić information content (AvgIpc) is 3.32. The first-order valence-electron chi connectivity index (χ1n) is 17.9. The Morgan fingerprint density at radius 3 is 1.34 bits per heavy atom. The Hall–Kier alpha value is -1.35. The third-order valence-electron chi connectivity index (χ3n) is 8.71. The lowest BCUT2D eigenvalue weighted by atomic mass is 10.0. The van der Waals surface area contributed by atoms with E-state index in [4.69, 9.17) is 4.74 Å². The zero-order valence-corrected chi connectivity index (χ0v) is 27.9. The van der Waals surface area contributed by atoms with Crippen LogP contribution in [0.25, 0.3) is 10.1 Å². The van der Waals surface area contributed by atoms with Crippen LogP contribution in [-0.4, -0.2) is 12.6 Å². The normalized spacial score (nSPS) is 11.5. The molecule has 0 amide bonds. The third-order valence-corrected chi connectivity index (χ3v) is 9.79. The minimum atomic E-state index is -0.153. The van der Waals surface area contributed by atoms with Crippen LogP contribution in [0.2, 0.25) is 0 Å². The first-order chi connectivity index (χ1) is 20.2. The van der Waals surface area contributed by atoms with Crippen molar-refractivity contribution in [3.8, 4) is 0 Å². The van der Waals surface area contributed by atoms with Crippen molar-refractivity contribution in [1.82, 2.24) is 0 Å². The summed E-state index contributed by atoms with van der Waals surface area (Å²) >= 11 is 1.68. The highest BCUT2D eigenvalue weighted by molar-refractivity contribution is 7.19. The minimum absolute atomic E-state index is 0.153. The maximum absolute atomic E-state index is 12.6. The van der Waals surface area contributed by atoms with E-state index in [1.54, 1.807) is 11.3 Å². The molecular formula is C38H64O2S. The first kappa shape index (κ1) is 35.8. The zero-order valence-electron chi connectivity index (χ0n) is 27.1. The van der Waals surface area contributed by atoms with Crippen LogP contribution in [0, 0.1) is 6.92 Å². The molecule has 0 aliphatic heterocycles. The predicted molar refractivity (Wildman–Crippen MR) is 183 cm³/mol. The molecule has 0 bridgehead atoms. The zero-order chi connectivity index (χ0) is 29.2. The number of fused-ring (bicyclic) bond motifs is 1. The number of hydrogen-bond acceptors (Lipinski definition) is 3. The van der Waals surface area contributed by atoms with Gasteiger partial charge in [0.1, 0.15) is 0 Å². The molecule has 0 N–H and O–H groups in total. The highest BCUT2D eigenvalue weighted by Gasteiger charge is 2.17. The Bertz CT molecular complexity index is 886. The van der Waals surface area contributed by atoms with Crippen LogP contribution in [0.3, 0.4) is 0 Å². The van der Waals surface area contributed by atoms with E-state index in [-0.39, 0.29) is 5.97 Å². The van der Waals surface area contributed by atoms with Gasteiger partial charge in [-0.3, -0.25) is 0 Å². The maximum atomic E-state index is 12.6. The second-order valence-corrected chi connectivity index (χ2v) is 13.8. The minimum Gasteiger partial charge on any atom is -0.462 e. The molecule has 2 nitrogen and oxygen atoms in total. The van der Waals surface area contributed by atoms with E-state index in [9.17, 15) is 4.79 Å². The van der Waals surface area contributed by atoms with Crippen molar-refractivity contribution >= 4 is 27.4 Å². The topological polar surface area (TPSA) is 26.3 Å². The molecule has 0 unspecified atom stereocenters. The number of carbonyl (C=O) groups excluding carboxylic acids is 1. The molecule has 0 saturated carbocycles. The average molecular weight is 585 g/mol. The molecule has 1 heterocycles. The van der Waals surface area contributed by atoms with Crippen LogP contribution in [-0.2, 0) is 4.74 Å². The molecular weight excluding hydrogens is 520 g/mol. The Kier molecular flexibility index (Phi) is 22.0. The molecule has 0 spiro atoms. The summed E-state index contributed by atoms with van der Waals surface area (Å²) in [4.78, 5) is 13.6. The van der Waals surface area contributed by atoms with E-state index in [1.807, 2.05) is 25.1 Å². The summed E-state index contributed by atoms with van der Waals surface area (Å²) in [5, 5.41) is 1.03. The molecule has 41 heavy (non-hydrogen) atoms. The number of benzene rings is 1. The first-order valence-corrected chi connectivity index (χ1v) is 18.7. The standard InChI is InChI=1S/C38H64O2S/c1-3-4-5-6-7-8-9-10-11-12-13-14-15-16-17-18-19-20-21-22-23-24-25-26-27-30-33-40-38(39)37-34(2)41-36-32-29-28-31-35(36)37/h28-29,31-32H,3-27,30,33H2,1-2H3. The van der Waals surface area contributed by atoms with Gasteiger partial charge in [-0.15, -0.1) is 11.3 Å². The van der Waals surface area contributed by atoms with E-state index >= 15 is 0 Å². The number of unbranched alkanes of at least 4 members (excludes halogenated alkanes) is 25. The lowest BCUT2D eigenvalue weighted by Crippen LogP contribution is -2.07. The van der Waals surface area contributed by atoms with Gasteiger partial charge in [-0.25, -0.2) is 4.79 Å². The Balaban J connectivity index is 1.24. The molecule has 1 aromatic heterocycles. The number of rotatable bonds is 28. The van der Waals surface area contributed by atoms with Gasteiger partial charge in [0.15, 0.2) is 0 Å². The highest BCUT2D eigenvalue weighted by Crippen LogP contribution is 2.31. The van der Waals surface area contributed by atoms with Gasteiger partial charge in [-0.1, -0.05) is 186 Å². The van der Waals surface area contributed by atoms with E-state index in [0.717, 1.165) is 33.4 Å². The van der Waals surface area contributed by atoms with Crippen LogP contribution in [0.5, 0.6) is 0 Å². The molecule has 2 rings (SSSR count). The lowest BCUT2D eigenvalue weighted by molar-refractivity contribution is 0.0500. The van der Waals surface area contributed by atoms with Gasteiger partial charge in [0.25, 0.3) is 0 Å². The Labute approximate surface area is 258 Å². The van der Waals surface area contributed by atoms with Gasteiger partial charge in [0, 0.05) is 15.0 Å². The number of esters is 1. The lowest BCUT2D eigenvalue weighted by Gasteiger charge is -2.06. The summed E-state index contributed by atoms with van der Waals surface area (Å²) in [7, 11) is 0. The second-order valence-electron chi connectivity index (χ2n) is 12.5. The number of thiophene rings is 1. The van der Waals surface area contributed by atoms with E-state index in [1.165, 1.54) is 154 Å². The molecule has 0 radical (unpaired) electrons. The van der Waals surface area contributed by atoms with E-state index < -0.39 is 0 Å². The van der Waals surface area contributed by atoms with Gasteiger partial charge in [-0.2, -0.15) is 0 Å². The molecule has 3 heteroatoms. The monoisotopic (exact) mass is 584 g/mol. The van der Waals surface area contributed by atoms with Gasteiger partial charge in [-0.05, 0) is 19.4 Å². The summed E-state index contributed by atoms with van der Waals surface area (Å²) in [6.07, 6.45) is 36.5. The number of carbonyl (C=O) groups is 1. The summed E-state index contributed by atoms with van der Waals surface area (Å²) in [5.41, 5.74) is 0.764. The van der Waals surface area contributed by atoms with Crippen LogP contribution in [0.15, 0.2) is 24.3 Å². The Morgan fingerprint density at radius 1 is 0.561 bits per heavy atom. The third kappa shape index (κ3) is 17.4. The van der Waals surface area contributed by atoms with Crippen molar-refractivity contribution in [2.24, 2.45) is 0 Å². The number of aryl methyl sites for hydroxylation is 1. The molecule has 0 saturated heterocycles. The van der Waals surface area contributed by atoms with Crippen LogP contribution in [0.1, 0.15) is 189 Å². The fourth-order valence-electron chi connectivity index (χ4n) is 6.08. The maximum Gasteiger partial charge on any atom is 0.339 e. The van der Waals surface area contributed by atoms with E-state index in [0.29, 0.717) is 6.61 Å². The number of hydrogen-bond donors (Lipinski definition) is 0. The Morgan fingerprint density at radius 2 is 0.927 bits per heavy atom. The van der Waals surface area contributed by atoms with Gasteiger partial charge >= 0.3 is 5.97 Å². The fourth-order valence-corrected chi connectivity index (χ4v) is 7.13. The van der Waals surface area contributed by atoms with Crippen molar-refractivity contribution in [3.05, 3.63) is 34.7 Å². The van der Waals surface area contributed by atoms with Crippen molar-refractivity contribution in [2.45, 2.75) is 181 Å². The second kappa shape index (κ2) is 25.2. The fraction of sp³-hybridized carbons (Fsp3) is 0.763. The number of ether oxygens (including phenoxy) is 1. The summed E-state index contributed by atoms with van der Waals surface area (Å²) in [6.45, 7) is 4.86. The van der Waals surface area contributed by atoms with Gasteiger partial charge in [0.05, 0.1) is 12.2 Å². The molecule has 0 aliphatic carbocycles. The van der Waals surface area contributed by atoms with Crippen LogP contribution < -0.4 is 0 Å². The SMILES string of the molecule is CCCCCCCCCCCCCCCCCCCCCCCCCCCCOC(=O)c1c(C)sc2ccccc12. The molecule has 2 aromatic rings. The van der Waals surface area contributed by atoms with Gasteiger partial charge in [0.2, 0.25) is 0 Å². The smallest absolute Gasteiger partial charge is 0.339 e. The molecule has 1 aromatic carbocycles. The van der Waals surface area contributed by atoms with Crippen LogP contribution in [0.4, 0.5) is 0 Å². The molecule has 0 fully saturated rings. The summed E-state index contributed by atoms with van der Waals surface area (Å²) in [5.74, 6) is -0.153. The molecule has 234 valence electrons. The van der Waals surface area contributed by atoms with Gasteiger partial charge < -0.3 is 4.74 Å². The van der Waals surface area contributed by atoms with Crippen molar-refractivity contribution < 1.29 is 9.53 Å². The quantitative estimate of drug-likeness (QED) is 0.0734. The van der Waals surface area contributed by atoms with Crippen molar-refractivity contribution in [3.63, 3.8) is 0 Å².